The van der Waals surface area contributed by atoms with Gasteiger partial charge in [-0.3, -0.25) is 0 Å². The number of aliphatic carboxylic acids is 1. The summed E-state index contributed by atoms with van der Waals surface area (Å²) in [5.41, 5.74) is 0. The molecule has 0 saturated carbocycles. The molecule has 19 heavy (non-hydrogen) atoms. The second-order valence-electron chi connectivity index (χ2n) is 5.11. The predicted octanol–water partition coefficient (Wildman–Crippen LogP) is 2.56. The van der Waals surface area contributed by atoms with Crippen LogP contribution in [0.4, 0.5) is 4.79 Å². The Hall–Kier alpha value is -1.26. The lowest BCUT2D eigenvalue weighted by Gasteiger charge is -2.35. The van der Waals surface area contributed by atoms with Crippen LogP contribution in [0.3, 0.4) is 0 Å². The molecule has 1 atom stereocenters. The van der Waals surface area contributed by atoms with Gasteiger partial charge in [-0.15, -0.1) is 0 Å². The summed E-state index contributed by atoms with van der Waals surface area (Å²) in [6.07, 6.45) is 5.41. The molecular weight excluding hydrogens is 244 g/mol. The number of carbonyl (C=O) groups excluding carboxylic acids is 1. The van der Waals surface area contributed by atoms with Gasteiger partial charge in [0.2, 0.25) is 0 Å². The summed E-state index contributed by atoms with van der Waals surface area (Å²) in [5.74, 6) is -0.872. The van der Waals surface area contributed by atoms with Crippen molar-refractivity contribution in [3.8, 4) is 0 Å². The molecule has 1 aliphatic heterocycles. The summed E-state index contributed by atoms with van der Waals surface area (Å²) in [5, 5.41) is 9.35. The third-order valence-corrected chi connectivity index (χ3v) is 3.68. The van der Waals surface area contributed by atoms with Gasteiger partial charge < -0.3 is 14.9 Å². The van der Waals surface area contributed by atoms with E-state index in [0.29, 0.717) is 26.1 Å². The van der Waals surface area contributed by atoms with Crippen LogP contribution in [0, 0.1) is 0 Å². The van der Waals surface area contributed by atoms with E-state index in [1.165, 1.54) is 0 Å². The number of carbonyl (C=O) groups is 2. The summed E-state index contributed by atoms with van der Waals surface area (Å²) >= 11 is 0. The molecule has 1 heterocycles. The van der Waals surface area contributed by atoms with E-state index >= 15 is 0 Å². The fourth-order valence-corrected chi connectivity index (χ4v) is 2.61. The van der Waals surface area contributed by atoms with E-state index in [1.54, 1.807) is 9.80 Å². The number of urea groups is 1. The molecule has 5 nitrogen and oxygen atoms in total. The van der Waals surface area contributed by atoms with Crippen molar-refractivity contribution in [3.63, 3.8) is 0 Å². The van der Waals surface area contributed by atoms with Gasteiger partial charge in [-0.05, 0) is 26.2 Å². The predicted molar refractivity (Wildman–Crippen MR) is 74.1 cm³/mol. The lowest BCUT2D eigenvalue weighted by molar-refractivity contribution is -0.142. The van der Waals surface area contributed by atoms with Gasteiger partial charge in [0.25, 0.3) is 0 Å². The Morgan fingerprint density at radius 1 is 1.21 bits per heavy atom. The van der Waals surface area contributed by atoms with Gasteiger partial charge in [0, 0.05) is 19.6 Å². The summed E-state index contributed by atoms with van der Waals surface area (Å²) in [7, 11) is 0. The smallest absolute Gasteiger partial charge is 0.326 e. The number of hydrogen-bond donors (Lipinski definition) is 1. The number of amides is 2. The molecular formula is C14H26N2O3. The quantitative estimate of drug-likeness (QED) is 0.854. The van der Waals surface area contributed by atoms with Crippen molar-refractivity contribution < 1.29 is 14.7 Å². The lowest BCUT2D eigenvalue weighted by Crippen LogP contribution is -2.52. The maximum atomic E-state index is 12.5. The molecule has 0 spiro atoms. The van der Waals surface area contributed by atoms with E-state index in [9.17, 15) is 14.7 Å². The Morgan fingerprint density at radius 3 is 2.47 bits per heavy atom. The Kier molecular flexibility index (Phi) is 6.67. The Labute approximate surface area is 115 Å². The average molecular weight is 270 g/mol. The van der Waals surface area contributed by atoms with Gasteiger partial charge in [-0.1, -0.05) is 26.2 Å². The lowest BCUT2D eigenvalue weighted by atomic mass is 10.0. The number of carboxylic acid groups (broad SMARTS) is 1. The molecule has 0 bridgehead atoms. The van der Waals surface area contributed by atoms with E-state index in [0.717, 1.165) is 32.1 Å². The summed E-state index contributed by atoms with van der Waals surface area (Å²) in [6, 6.07) is -0.766. The minimum Gasteiger partial charge on any atom is -0.480 e. The fourth-order valence-electron chi connectivity index (χ4n) is 2.61. The highest BCUT2D eigenvalue weighted by molar-refractivity contribution is 5.82. The van der Waals surface area contributed by atoms with Crippen LogP contribution < -0.4 is 0 Å². The zero-order valence-corrected chi connectivity index (χ0v) is 12.1. The minimum absolute atomic E-state index is 0.112. The van der Waals surface area contributed by atoms with Crippen LogP contribution >= 0.6 is 0 Å². The van der Waals surface area contributed by atoms with E-state index in [-0.39, 0.29) is 6.03 Å². The summed E-state index contributed by atoms with van der Waals surface area (Å²) in [6.45, 7) is 5.86. The molecule has 0 aromatic rings. The highest BCUT2D eigenvalue weighted by atomic mass is 16.4. The van der Waals surface area contributed by atoms with Crippen LogP contribution in [0.25, 0.3) is 0 Å². The highest BCUT2D eigenvalue weighted by Gasteiger charge is 2.31. The summed E-state index contributed by atoms with van der Waals surface area (Å²) in [4.78, 5) is 27.2. The maximum absolute atomic E-state index is 12.5. The zero-order chi connectivity index (χ0) is 14.3. The molecule has 1 rings (SSSR count). The number of likely N-dealkylation sites (tertiary alicyclic amines) is 1. The van der Waals surface area contributed by atoms with Crippen LogP contribution in [0.5, 0.6) is 0 Å². The topological polar surface area (TPSA) is 60.9 Å². The van der Waals surface area contributed by atoms with Crippen LogP contribution in [0.1, 0.15) is 52.4 Å². The van der Waals surface area contributed by atoms with E-state index in [4.69, 9.17) is 0 Å². The second-order valence-corrected chi connectivity index (χ2v) is 5.11. The van der Waals surface area contributed by atoms with Crippen LogP contribution in [0.15, 0.2) is 0 Å². The molecule has 110 valence electrons. The third kappa shape index (κ3) is 4.40. The number of nitrogens with zero attached hydrogens (tertiary/aromatic N) is 2. The van der Waals surface area contributed by atoms with Crippen molar-refractivity contribution in [3.05, 3.63) is 0 Å². The van der Waals surface area contributed by atoms with Gasteiger partial charge in [0.15, 0.2) is 0 Å². The molecule has 2 amide bonds. The van der Waals surface area contributed by atoms with Crippen LogP contribution in [-0.4, -0.2) is 52.6 Å². The van der Waals surface area contributed by atoms with Crippen molar-refractivity contribution in [2.75, 3.05) is 19.6 Å². The van der Waals surface area contributed by atoms with Crippen LogP contribution in [-0.2, 0) is 4.79 Å². The third-order valence-electron chi connectivity index (χ3n) is 3.68. The standard InChI is InChI=1S/C14H26N2O3/c1-3-10-15(4-2)14(19)16-11-8-6-5-7-9-12(16)13(17)18/h12H,3-11H2,1-2H3,(H,17,18). The average Bonchev–Trinajstić information content (AvgIpc) is 2.34. The van der Waals surface area contributed by atoms with Crippen molar-refractivity contribution in [2.24, 2.45) is 0 Å². The zero-order valence-electron chi connectivity index (χ0n) is 12.1. The number of rotatable bonds is 4. The van der Waals surface area contributed by atoms with Gasteiger partial charge >= 0.3 is 12.0 Å². The molecule has 1 saturated heterocycles. The Balaban J connectivity index is 2.82. The first-order valence-corrected chi connectivity index (χ1v) is 7.40. The van der Waals surface area contributed by atoms with Gasteiger partial charge in [-0.25, -0.2) is 9.59 Å². The molecule has 0 radical (unpaired) electrons. The fraction of sp³-hybridized carbons (Fsp3) is 0.857. The molecule has 1 aliphatic rings. The second kappa shape index (κ2) is 8.02. The molecule has 0 aromatic carbocycles. The Morgan fingerprint density at radius 2 is 1.89 bits per heavy atom. The minimum atomic E-state index is -0.872. The molecule has 0 aromatic heterocycles. The van der Waals surface area contributed by atoms with Crippen molar-refractivity contribution in [1.82, 2.24) is 9.80 Å². The van der Waals surface area contributed by atoms with Crippen molar-refractivity contribution >= 4 is 12.0 Å². The Bertz CT molecular complexity index is 307. The van der Waals surface area contributed by atoms with Gasteiger partial charge in [0.1, 0.15) is 6.04 Å². The first-order valence-electron chi connectivity index (χ1n) is 7.40. The molecule has 0 aliphatic carbocycles. The normalized spacial score (nSPS) is 20.5. The first-order chi connectivity index (χ1) is 9.11. The van der Waals surface area contributed by atoms with Crippen molar-refractivity contribution in [1.29, 1.82) is 0 Å². The molecule has 1 unspecified atom stereocenters. The largest absolute Gasteiger partial charge is 0.480 e. The highest BCUT2D eigenvalue weighted by Crippen LogP contribution is 2.18. The van der Waals surface area contributed by atoms with Crippen molar-refractivity contribution in [2.45, 2.75) is 58.4 Å². The number of hydrogen-bond acceptors (Lipinski definition) is 2. The van der Waals surface area contributed by atoms with E-state index in [1.807, 2.05) is 13.8 Å². The van der Waals surface area contributed by atoms with Gasteiger partial charge in [-0.2, -0.15) is 0 Å². The van der Waals surface area contributed by atoms with Gasteiger partial charge in [0.05, 0.1) is 0 Å². The molecule has 1 N–H and O–H groups in total. The number of carboxylic acids is 1. The maximum Gasteiger partial charge on any atom is 0.326 e. The SMILES string of the molecule is CCCN(CC)C(=O)N1CCCCCCC1C(=O)O. The summed E-state index contributed by atoms with van der Waals surface area (Å²) < 4.78 is 0. The van der Waals surface area contributed by atoms with E-state index < -0.39 is 12.0 Å². The molecule has 1 fully saturated rings. The monoisotopic (exact) mass is 270 g/mol. The molecule has 5 heteroatoms. The van der Waals surface area contributed by atoms with E-state index in [2.05, 4.69) is 0 Å². The van der Waals surface area contributed by atoms with Crippen LogP contribution in [0.2, 0.25) is 0 Å². The first kappa shape index (κ1) is 15.8.